The lowest BCUT2D eigenvalue weighted by molar-refractivity contribution is -0.932. The van der Waals surface area contributed by atoms with Gasteiger partial charge in [0.25, 0.3) is 0 Å². The van der Waals surface area contributed by atoms with Crippen molar-refractivity contribution in [2.24, 2.45) is 0 Å². The van der Waals surface area contributed by atoms with Gasteiger partial charge in [-0.3, -0.25) is 0 Å². The monoisotopic (exact) mass is 539 g/mol. The molecule has 1 unspecified atom stereocenters. The van der Waals surface area contributed by atoms with Crippen LogP contribution >= 0.6 is 0 Å². The van der Waals surface area contributed by atoms with Crippen molar-refractivity contribution in [1.29, 1.82) is 0 Å². The fraction of sp³-hybridized carbons (Fsp3) is 1.00. The topological polar surface area (TPSA) is 20.2 Å². The van der Waals surface area contributed by atoms with Crippen LogP contribution in [0.4, 0.5) is 0 Å². The van der Waals surface area contributed by atoms with Crippen molar-refractivity contribution >= 4 is 0 Å². The normalized spacial score (nSPS) is 12.9. The van der Waals surface area contributed by atoms with Crippen LogP contribution in [0.2, 0.25) is 0 Å². The molecule has 1 atom stereocenters. The molecule has 0 aliphatic rings. The van der Waals surface area contributed by atoms with Crippen molar-refractivity contribution in [3.8, 4) is 0 Å². The first-order valence-corrected chi connectivity index (χ1v) is 18.1. The second-order valence-corrected chi connectivity index (χ2v) is 13.2. The third-order valence-electron chi connectivity index (χ3n) is 9.37. The highest BCUT2D eigenvalue weighted by molar-refractivity contribution is 4.55. The van der Waals surface area contributed by atoms with E-state index in [1.807, 2.05) is 0 Å². The van der Waals surface area contributed by atoms with Crippen LogP contribution in [-0.4, -0.2) is 42.4 Å². The zero-order chi connectivity index (χ0) is 28.0. The third-order valence-corrected chi connectivity index (χ3v) is 9.37. The van der Waals surface area contributed by atoms with Gasteiger partial charge in [-0.15, -0.1) is 0 Å². The molecule has 0 fully saturated rings. The van der Waals surface area contributed by atoms with Crippen LogP contribution in [0.25, 0.3) is 0 Å². The highest BCUT2D eigenvalue weighted by Crippen LogP contribution is 2.19. The maximum absolute atomic E-state index is 9.89. The molecule has 0 saturated carbocycles. The minimum absolute atomic E-state index is 0.327. The van der Waals surface area contributed by atoms with Crippen LogP contribution in [0.1, 0.15) is 201 Å². The van der Waals surface area contributed by atoms with Gasteiger partial charge in [-0.1, -0.05) is 168 Å². The number of likely N-dealkylation sites (N-methyl/N-ethyl adjacent to an activating group) is 1. The number of aliphatic hydroxyl groups is 1. The molecule has 0 radical (unpaired) electrons. The van der Waals surface area contributed by atoms with Crippen LogP contribution in [0.15, 0.2) is 0 Å². The lowest BCUT2D eigenvalue weighted by Gasteiger charge is -2.39. The molecule has 230 valence electrons. The van der Waals surface area contributed by atoms with E-state index in [9.17, 15) is 5.11 Å². The maximum atomic E-state index is 9.89. The minimum Gasteiger partial charge on any atom is -0.390 e. The van der Waals surface area contributed by atoms with Gasteiger partial charge in [-0.25, -0.2) is 0 Å². The van der Waals surface area contributed by atoms with E-state index in [-0.39, 0.29) is 0 Å². The third kappa shape index (κ3) is 24.9. The highest BCUT2D eigenvalue weighted by Gasteiger charge is 2.27. The molecule has 38 heavy (non-hydrogen) atoms. The van der Waals surface area contributed by atoms with Gasteiger partial charge in [-0.2, -0.15) is 0 Å². The van der Waals surface area contributed by atoms with Crippen LogP contribution in [0.3, 0.4) is 0 Å². The molecular formula is C36H76NO+. The second-order valence-electron chi connectivity index (χ2n) is 13.2. The van der Waals surface area contributed by atoms with Crippen LogP contribution in [0, 0.1) is 0 Å². The smallest absolute Gasteiger partial charge is 0.109 e. The summed E-state index contributed by atoms with van der Waals surface area (Å²) in [6.07, 6.45) is 39.9. The molecule has 1 N–H and O–H groups in total. The SMILES string of the molecule is CCCCCCCCCCCCCCCC[N+](C)(CCCCCCCCCCCCCCCC)C(C)CO. The molecular weight excluding hydrogens is 462 g/mol. The number of hydrogen-bond donors (Lipinski definition) is 1. The number of unbranched alkanes of at least 4 members (excludes halogenated alkanes) is 26. The Balaban J connectivity index is 3.66. The Morgan fingerprint density at radius 2 is 0.605 bits per heavy atom. The average molecular weight is 539 g/mol. The minimum atomic E-state index is 0.327. The molecule has 0 aromatic heterocycles. The van der Waals surface area contributed by atoms with Crippen molar-refractivity contribution in [2.45, 2.75) is 207 Å². The molecule has 0 heterocycles. The summed E-state index contributed by atoms with van der Waals surface area (Å²) in [5.41, 5.74) is 0. The zero-order valence-electron chi connectivity index (χ0n) is 27.4. The Hall–Kier alpha value is -0.0800. The first kappa shape index (κ1) is 37.9. The fourth-order valence-corrected chi connectivity index (χ4v) is 6.08. The number of rotatable bonds is 32. The number of aliphatic hydroxyl groups excluding tert-OH is 1. The first-order chi connectivity index (χ1) is 18.6. The lowest BCUT2D eigenvalue weighted by atomic mass is 10.0. The van der Waals surface area contributed by atoms with E-state index in [2.05, 4.69) is 27.8 Å². The van der Waals surface area contributed by atoms with Crippen molar-refractivity contribution < 1.29 is 9.59 Å². The standard InChI is InChI=1S/C36H76NO/c1-5-7-9-11-13-15-17-19-21-23-25-27-29-31-33-37(4,36(3)35-38)34-32-30-28-26-24-22-20-18-16-14-12-10-8-6-2/h36,38H,5-35H2,1-4H3/q+1. The summed E-state index contributed by atoms with van der Waals surface area (Å²) < 4.78 is 1.08. The molecule has 0 spiro atoms. The quantitative estimate of drug-likeness (QED) is 0.0667. The number of quaternary nitrogens is 1. The molecule has 2 nitrogen and oxygen atoms in total. The van der Waals surface area contributed by atoms with Crippen molar-refractivity contribution in [3.63, 3.8) is 0 Å². The number of nitrogens with zero attached hydrogens (tertiary/aromatic N) is 1. The summed E-state index contributed by atoms with van der Waals surface area (Å²) in [6.45, 7) is 9.68. The molecule has 0 aromatic rings. The second kappa shape index (κ2) is 29.9. The Labute approximate surface area is 242 Å². The maximum Gasteiger partial charge on any atom is 0.109 e. The van der Waals surface area contributed by atoms with Crippen LogP contribution in [0.5, 0.6) is 0 Å². The summed E-state index contributed by atoms with van der Waals surface area (Å²) in [5, 5.41) is 9.89. The van der Waals surface area contributed by atoms with Crippen molar-refractivity contribution in [2.75, 3.05) is 26.7 Å². The van der Waals surface area contributed by atoms with E-state index < -0.39 is 0 Å². The van der Waals surface area contributed by atoms with E-state index in [1.165, 1.54) is 193 Å². The van der Waals surface area contributed by atoms with E-state index in [1.54, 1.807) is 0 Å². The van der Waals surface area contributed by atoms with Gasteiger partial charge >= 0.3 is 0 Å². The summed E-state index contributed by atoms with van der Waals surface area (Å²) in [6, 6.07) is 0.374. The molecule has 0 aliphatic carbocycles. The summed E-state index contributed by atoms with van der Waals surface area (Å²) in [4.78, 5) is 0. The van der Waals surface area contributed by atoms with Gasteiger partial charge in [0.2, 0.25) is 0 Å². The molecule has 0 bridgehead atoms. The van der Waals surface area contributed by atoms with Crippen LogP contribution in [-0.2, 0) is 0 Å². The Bertz CT molecular complexity index is 405. The highest BCUT2D eigenvalue weighted by atomic mass is 16.3. The fourth-order valence-electron chi connectivity index (χ4n) is 6.08. The molecule has 2 heteroatoms. The van der Waals surface area contributed by atoms with Crippen molar-refractivity contribution in [3.05, 3.63) is 0 Å². The van der Waals surface area contributed by atoms with Gasteiger partial charge in [-0.05, 0) is 32.6 Å². The average Bonchev–Trinajstić information content (AvgIpc) is 2.93. The Morgan fingerprint density at radius 3 is 0.816 bits per heavy atom. The Kier molecular flexibility index (Phi) is 29.8. The lowest BCUT2D eigenvalue weighted by Crippen LogP contribution is -2.53. The molecule has 0 aromatic carbocycles. The van der Waals surface area contributed by atoms with Gasteiger partial charge in [0, 0.05) is 0 Å². The van der Waals surface area contributed by atoms with Gasteiger partial charge in [0.05, 0.1) is 26.7 Å². The van der Waals surface area contributed by atoms with Gasteiger partial charge < -0.3 is 9.59 Å². The summed E-state index contributed by atoms with van der Waals surface area (Å²) >= 11 is 0. The first-order valence-electron chi connectivity index (χ1n) is 18.1. The van der Waals surface area contributed by atoms with E-state index in [4.69, 9.17) is 0 Å². The summed E-state index contributed by atoms with van der Waals surface area (Å²) in [5.74, 6) is 0. The van der Waals surface area contributed by atoms with Crippen molar-refractivity contribution in [1.82, 2.24) is 0 Å². The Morgan fingerprint density at radius 1 is 0.395 bits per heavy atom. The predicted octanol–water partition coefficient (Wildman–Crippen LogP) is 11.8. The van der Waals surface area contributed by atoms with E-state index >= 15 is 0 Å². The molecule has 0 rings (SSSR count). The number of hydrogen-bond acceptors (Lipinski definition) is 1. The molecule has 0 amide bonds. The van der Waals surface area contributed by atoms with Crippen LogP contribution < -0.4 is 0 Å². The predicted molar refractivity (Wildman–Crippen MR) is 173 cm³/mol. The molecule has 0 aliphatic heterocycles. The van der Waals surface area contributed by atoms with Gasteiger partial charge in [0.1, 0.15) is 6.04 Å². The van der Waals surface area contributed by atoms with E-state index in [0.29, 0.717) is 12.6 Å². The van der Waals surface area contributed by atoms with E-state index in [0.717, 1.165) is 4.48 Å². The molecule has 0 saturated heterocycles. The largest absolute Gasteiger partial charge is 0.390 e. The van der Waals surface area contributed by atoms with Gasteiger partial charge in [0.15, 0.2) is 0 Å². The summed E-state index contributed by atoms with van der Waals surface area (Å²) in [7, 11) is 2.41. The zero-order valence-corrected chi connectivity index (χ0v) is 27.4.